The third-order valence-electron chi connectivity index (χ3n) is 5.40. The fraction of sp³-hybridized carbons (Fsp3) is 0.619. The van der Waals surface area contributed by atoms with Crippen LogP contribution in [0.25, 0.3) is 0 Å². The van der Waals surface area contributed by atoms with Gasteiger partial charge in [0.25, 0.3) is 0 Å². The first-order valence-electron chi connectivity index (χ1n) is 9.39. The minimum absolute atomic E-state index is 0.387. The largest absolute Gasteiger partial charge is 0.493 e. The molecular formula is C21H30O3S2. The third-order valence-corrected chi connectivity index (χ3v) is 9.02. The van der Waals surface area contributed by atoms with Gasteiger partial charge in [-0.25, -0.2) is 0 Å². The van der Waals surface area contributed by atoms with Crippen molar-refractivity contribution in [1.29, 1.82) is 0 Å². The van der Waals surface area contributed by atoms with Gasteiger partial charge < -0.3 is 14.2 Å². The second kappa shape index (κ2) is 8.83. The lowest BCUT2D eigenvalue weighted by atomic mass is 9.88. The monoisotopic (exact) mass is 394 g/mol. The SMILES string of the molecule is COc1cc(CCCC2=C(C)CCCC23SCCS3)cc(OC)c1OC. The molecule has 1 fully saturated rings. The quantitative estimate of drug-likeness (QED) is 0.552. The summed E-state index contributed by atoms with van der Waals surface area (Å²) in [5.41, 5.74) is 4.61. The molecule has 5 heteroatoms. The molecular weight excluding hydrogens is 364 g/mol. The van der Waals surface area contributed by atoms with Crippen molar-refractivity contribution in [3.8, 4) is 17.2 Å². The molecule has 1 aromatic carbocycles. The van der Waals surface area contributed by atoms with Crippen LogP contribution in [-0.2, 0) is 6.42 Å². The van der Waals surface area contributed by atoms with E-state index < -0.39 is 0 Å². The minimum Gasteiger partial charge on any atom is -0.493 e. The van der Waals surface area contributed by atoms with Gasteiger partial charge in [0.05, 0.1) is 25.4 Å². The summed E-state index contributed by atoms with van der Waals surface area (Å²) in [6, 6.07) is 4.16. The van der Waals surface area contributed by atoms with Crippen LogP contribution in [0.1, 0.15) is 44.6 Å². The summed E-state index contributed by atoms with van der Waals surface area (Å²) < 4.78 is 16.8. The zero-order chi connectivity index (χ0) is 18.6. The van der Waals surface area contributed by atoms with Gasteiger partial charge >= 0.3 is 0 Å². The summed E-state index contributed by atoms with van der Waals surface area (Å²) in [6.07, 6.45) is 7.36. The lowest BCUT2D eigenvalue weighted by molar-refractivity contribution is 0.323. The first kappa shape index (κ1) is 19.8. The van der Waals surface area contributed by atoms with Crippen LogP contribution >= 0.6 is 23.5 Å². The molecule has 0 amide bonds. The first-order chi connectivity index (χ1) is 12.6. The predicted molar refractivity (Wildman–Crippen MR) is 113 cm³/mol. The van der Waals surface area contributed by atoms with Gasteiger partial charge in [-0.1, -0.05) is 5.57 Å². The molecule has 0 saturated carbocycles. The zero-order valence-corrected chi connectivity index (χ0v) is 18.0. The Morgan fingerprint density at radius 1 is 0.962 bits per heavy atom. The molecule has 1 spiro atoms. The lowest BCUT2D eigenvalue weighted by Gasteiger charge is -2.36. The molecule has 144 valence electrons. The Morgan fingerprint density at radius 3 is 2.19 bits per heavy atom. The first-order valence-corrected chi connectivity index (χ1v) is 11.4. The second-order valence-corrected chi connectivity index (χ2v) is 10.00. The number of allylic oxidation sites excluding steroid dienone is 1. The number of hydrogen-bond donors (Lipinski definition) is 0. The van der Waals surface area contributed by atoms with E-state index in [0.29, 0.717) is 9.83 Å². The van der Waals surface area contributed by atoms with E-state index in [0.717, 1.165) is 24.3 Å². The summed E-state index contributed by atoms with van der Waals surface area (Å²) in [6.45, 7) is 2.36. The fourth-order valence-electron chi connectivity index (χ4n) is 4.14. The molecule has 0 N–H and O–H groups in total. The molecule has 1 saturated heterocycles. The Morgan fingerprint density at radius 2 is 1.62 bits per heavy atom. The second-order valence-electron chi connectivity index (χ2n) is 6.95. The van der Waals surface area contributed by atoms with Crippen LogP contribution in [0, 0.1) is 0 Å². The van der Waals surface area contributed by atoms with Crippen molar-refractivity contribution in [3.05, 3.63) is 28.8 Å². The van der Waals surface area contributed by atoms with Crippen LogP contribution in [0.4, 0.5) is 0 Å². The van der Waals surface area contributed by atoms with Crippen LogP contribution in [0.5, 0.6) is 17.2 Å². The van der Waals surface area contributed by atoms with Crippen molar-refractivity contribution in [1.82, 2.24) is 0 Å². The Kier molecular flexibility index (Phi) is 6.73. The standard InChI is InChI=1S/C21H30O3S2/c1-15-7-6-10-21(25-11-12-26-21)17(15)9-5-8-16-13-18(22-2)20(24-4)19(14-16)23-3/h13-14H,5-12H2,1-4H3. The number of thioether (sulfide) groups is 2. The van der Waals surface area contributed by atoms with Gasteiger partial charge in [0.2, 0.25) is 5.75 Å². The Labute approximate surface area is 166 Å². The van der Waals surface area contributed by atoms with Crippen LogP contribution in [0.15, 0.2) is 23.3 Å². The molecule has 0 unspecified atom stereocenters. The molecule has 3 nitrogen and oxygen atoms in total. The summed E-state index contributed by atoms with van der Waals surface area (Å²) in [4.78, 5) is 0. The van der Waals surface area contributed by atoms with Gasteiger partial charge in [0.15, 0.2) is 11.5 Å². The highest BCUT2D eigenvalue weighted by molar-refractivity contribution is 8.21. The average Bonchev–Trinajstić information content (AvgIpc) is 3.12. The Bertz CT molecular complexity index is 638. The topological polar surface area (TPSA) is 27.7 Å². The molecule has 1 aromatic rings. The van der Waals surface area contributed by atoms with Crippen molar-refractivity contribution >= 4 is 23.5 Å². The van der Waals surface area contributed by atoms with E-state index >= 15 is 0 Å². The zero-order valence-electron chi connectivity index (χ0n) is 16.4. The number of ether oxygens (including phenoxy) is 3. The van der Waals surface area contributed by atoms with Crippen molar-refractivity contribution in [2.45, 2.75) is 49.5 Å². The van der Waals surface area contributed by atoms with Crippen LogP contribution in [0.2, 0.25) is 0 Å². The van der Waals surface area contributed by atoms with Crippen molar-refractivity contribution in [2.24, 2.45) is 0 Å². The minimum atomic E-state index is 0.387. The highest BCUT2D eigenvalue weighted by Gasteiger charge is 2.41. The van der Waals surface area contributed by atoms with E-state index in [1.807, 2.05) is 0 Å². The van der Waals surface area contributed by atoms with Gasteiger partial charge in [-0.3, -0.25) is 0 Å². The molecule has 2 aliphatic rings. The third kappa shape index (κ3) is 3.99. The molecule has 0 aromatic heterocycles. The van der Waals surface area contributed by atoms with E-state index in [-0.39, 0.29) is 0 Å². The van der Waals surface area contributed by atoms with Crippen molar-refractivity contribution in [2.75, 3.05) is 32.8 Å². The number of rotatable bonds is 7. The molecule has 1 heterocycles. The maximum Gasteiger partial charge on any atom is 0.203 e. The summed E-state index contributed by atoms with van der Waals surface area (Å²) in [5.74, 6) is 4.76. The summed E-state index contributed by atoms with van der Waals surface area (Å²) >= 11 is 4.38. The molecule has 0 atom stereocenters. The van der Waals surface area contributed by atoms with E-state index in [2.05, 4.69) is 42.6 Å². The van der Waals surface area contributed by atoms with Gasteiger partial charge in [-0.05, 0) is 68.7 Å². The van der Waals surface area contributed by atoms with Crippen LogP contribution < -0.4 is 14.2 Å². The lowest BCUT2D eigenvalue weighted by Crippen LogP contribution is -2.25. The van der Waals surface area contributed by atoms with Gasteiger partial charge in [0, 0.05) is 11.5 Å². The highest BCUT2D eigenvalue weighted by atomic mass is 32.2. The number of hydrogen-bond acceptors (Lipinski definition) is 5. The number of aryl methyl sites for hydroxylation is 1. The van der Waals surface area contributed by atoms with Crippen LogP contribution in [-0.4, -0.2) is 36.9 Å². The fourth-order valence-corrected chi connectivity index (χ4v) is 7.78. The van der Waals surface area contributed by atoms with Gasteiger partial charge in [0.1, 0.15) is 0 Å². The molecule has 1 aliphatic carbocycles. The molecule has 26 heavy (non-hydrogen) atoms. The maximum atomic E-state index is 5.49. The highest BCUT2D eigenvalue weighted by Crippen LogP contribution is 2.56. The molecule has 3 rings (SSSR count). The van der Waals surface area contributed by atoms with E-state index in [4.69, 9.17) is 14.2 Å². The summed E-state index contributed by atoms with van der Waals surface area (Å²) in [5, 5.41) is 0. The Balaban J connectivity index is 1.71. The van der Waals surface area contributed by atoms with Gasteiger partial charge in [-0.2, -0.15) is 0 Å². The normalized spacial score (nSPS) is 19.1. The van der Waals surface area contributed by atoms with Crippen LogP contribution in [0.3, 0.4) is 0 Å². The smallest absolute Gasteiger partial charge is 0.203 e. The molecule has 0 radical (unpaired) electrons. The maximum absolute atomic E-state index is 5.49. The predicted octanol–water partition coefficient (Wildman–Crippen LogP) is 5.71. The Hall–Kier alpha value is -0.940. The summed E-state index contributed by atoms with van der Waals surface area (Å²) in [7, 11) is 5.00. The van der Waals surface area contributed by atoms with E-state index in [1.165, 1.54) is 42.8 Å². The number of methoxy groups -OCH3 is 3. The number of benzene rings is 1. The molecule has 0 bridgehead atoms. The van der Waals surface area contributed by atoms with E-state index in [9.17, 15) is 0 Å². The van der Waals surface area contributed by atoms with Crippen molar-refractivity contribution in [3.63, 3.8) is 0 Å². The van der Waals surface area contributed by atoms with Crippen molar-refractivity contribution < 1.29 is 14.2 Å². The van der Waals surface area contributed by atoms with E-state index in [1.54, 1.807) is 32.5 Å². The van der Waals surface area contributed by atoms with Gasteiger partial charge in [-0.15, -0.1) is 23.5 Å². The molecule has 1 aliphatic heterocycles. The average molecular weight is 395 g/mol.